The van der Waals surface area contributed by atoms with Crippen LogP contribution < -0.4 is 14.8 Å². The molecule has 0 spiro atoms. The predicted molar refractivity (Wildman–Crippen MR) is 96.8 cm³/mol. The normalized spacial score (nSPS) is 14.2. The number of anilines is 1. The Morgan fingerprint density at radius 1 is 1.19 bits per heavy atom. The van der Waals surface area contributed by atoms with Crippen LogP contribution in [0.2, 0.25) is 0 Å². The quantitative estimate of drug-likeness (QED) is 0.832. The first-order chi connectivity index (χ1) is 12.3. The Morgan fingerprint density at radius 2 is 1.92 bits per heavy atom. The van der Waals surface area contributed by atoms with Crippen LogP contribution in [0.3, 0.4) is 0 Å². The number of carbonyl (C=O) groups is 2. The van der Waals surface area contributed by atoms with Crippen molar-refractivity contribution in [3.63, 3.8) is 0 Å². The molecule has 1 aliphatic rings. The van der Waals surface area contributed by atoms with Gasteiger partial charge in [0.1, 0.15) is 5.60 Å². The first-order valence-electron chi connectivity index (χ1n) is 8.37. The Morgan fingerprint density at radius 3 is 2.62 bits per heavy atom. The van der Waals surface area contributed by atoms with E-state index in [2.05, 4.69) is 5.32 Å². The lowest BCUT2D eigenvalue weighted by atomic mass is 10.0. The maximum Gasteiger partial charge on any atom is 0.307 e. The van der Waals surface area contributed by atoms with Gasteiger partial charge in [0.25, 0.3) is 5.91 Å². The van der Waals surface area contributed by atoms with Gasteiger partial charge < -0.3 is 19.9 Å². The van der Waals surface area contributed by atoms with Crippen LogP contribution in [0.15, 0.2) is 42.5 Å². The van der Waals surface area contributed by atoms with Crippen molar-refractivity contribution in [2.75, 3.05) is 11.9 Å². The molecule has 0 atom stereocenters. The predicted octanol–water partition coefficient (Wildman–Crippen LogP) is 3.04. The lowest BCUT2D eigenvalue weighted by Crippen LogP contribution is -2.25. The summed E-state index contributed by atoms with van der Waals surface area (Å²) in [6.07, 6.45) is 0.751. The van der Waals surface area contributed by atoms with E-state index in [1.165, 1.54) is 0 Å². The molecule has 0 unspecified atom stereocenters. The number of carbonyl (C=O) groups excluding carboxylic acids is 1. The fraction of sp³-hybridized carbons (Fsp3) is 0.300. The van der Waals surface area contributed by atoms with Gasteiger partial charge in [0, 0.05) is 17.7 Å². The molecule has 3 rings (SSSR count). The van der Waals surface area contributed by atoms with Crippen molar-refractivity contribution in [2.24, 2.45) is 0 Å². The second-order valence-corrected chi connectivity index (χ2v) is 6.89. The number of aliphatic carboxylic acids is 1. The molecule has 0 aliphatic carbocycles. The molecule has 0 saturated carbocycles. The minimum Gasteiger partial charge on any atom is -0.483 e. The van der Waals surface area contributed by atoms with Crippen molar-refractivity contribution in [3.8, 4) is 11.5 Å². The third-order valence-corrected chi connectivity index (χ3v) is 4.01. The van der Waals surface area contributed by atoms with Gasteiger partial charge in [0.15, 0.2) is 18.1 Å². The lowest BCUT2D eigenvalue weighted by Gasteiger charge is -2.18. The number of rotatable bonds is 6. The SMILES string of the molecule is CC1(C)Cc2cccc(OCC(=O)Nc3ccc(CC(=O)O)cc3)c2O1. The van der Waals surface area contributed by atoms with Crippen molar-refractivity contribution >= 4 is 17.6 Å². The first kappa shape index (κ1) is 17.8. The van der Waals surface area contributed by atoms with Crippen molar-refractivity contribution in [3.05, 3.63) is 53.6 Å². The number of carboxylic acid groups (broad SMARTS) is 1. The number of carboxylic acids is 1. The highest BCUT2D eigenvalue weighted by Gasteiger charge is 2.32. The number of amides is 1. The molecule has 0 saturated heterocycles. The number of hydrogen-bond acceptors (Lipinski definition) is 4. The highest BCUT2D eigenvalue weighted by Crippen LogP contribution is 2.41. The van der Waals surface area contributed by atoms with Crippen LogP contribution in [0.5, 0.6) is 11.5 Å². The van der Waals surface area contributed by atoms with Gasteiger partial charge >= 0.3 is 5.97 Å². The van der Waals surface area contributed by atoms with Crippen molar-refractivity contribution in [1.82, 2.24) is 0 Å². The summed E-state index contributed by atoms with van der Waals surface area (Å²) in [6, 6.07) is 12.3. The van der Waals surface area contributed by atoms with Gasteiger partial charge in [-0.1, -0.05) is 24.3 Å². The molecule has 2 aromatic carbocycles. The largest absolute Gasteiger partial charge is 0.483 e. The first-order valence-corrected chi connectivity index (χ1v) is 8.37. The van der Waals surface area contributed by atoms with Gasteiger partial charge in [-0.2, -0.15) is 0 Å². The zero-order valence-corrected chi connectivity index (χ0v) is 14.7. The Kier molecular flexibility index (Phi) is 4.84. The summed E-state index contributed by atoms with van der Waals surface area (Å²) in [5.74, 6) is 0.0603. The second kappa shape index (κ2) is 7.07. The summed E-state index contributed by atoms with van der Waals surface area (Å²) < 4.78 is 11.6. The summed E-state index contributed by atoms with van der Waals surface area (Å²) >= 11 is 0. The number of para-hydroxylation sites is 1. The van der Waals surface area contributed by atoms with Crippen molar-refractivity contribution < 1.29 is 24.2 Å². The summed E-state index contributed by atoms with van der Waals surface area (Å²) in [5.41, 5.74) is 2.05. The molecular formula is C20H21NO5. The zero-order valence-electron chi connectivity index (χ0n) is 14.7. The molecule has 26 heavy (non-hydrogen) atoms. The van der Waals surface area contributed by atoms with Crippen LogP contribution in [0, 0.1) is 0 Å². The lowest BCUT2D eigenvalue weighted by molar-refractivity contribution is -0.136. The molecule has 136 valence electrons. The smallest absolute Gasteiger partial charge is 0.307 e. The van der Waals surface area contributed by atoms with E-state index in [-0.39, 0.29) is 24.5 Å². The zero-order chi connectivity index (χ0) is 18.7. The molecule has 2 N–H and O–H groups in total. The summed E-state index contributed by atoms with van der Waals surface area (Å²) in [7, 11) is 0. The van der Waals surface area contributed by atoms with Crippen molar-refractivity contribution in [1.29, 1.82) is 0 Å². The van der Waals surface area contributed by atoms with Crippen LogP contribution in [-0.4, -0.2) is 29.2 Å². The fourth-order valence-electron chi connectivity index (χ4n) is 2.92. The van der Waals surface area contributed by atoms with Gasteiger partial charge in [-0.25, -0.2) is 0 Å². The Bertz CT molecular complexity index is 827. The molecule has 2 aromatic rings. The molecule has 6 heteroatoms. The summed E-state index contributed by atoms with van der Waals surface area (Å²) in [4.78, 5) is 22.8. The number of ether oxygens (including phenoxy) is 2. The third kappa shape index (κ3) is 4.33. The maximum atomic E-state index is 12.1. The van der Waals surface area contributed by atoms with Gasteiger partial charge in [0.05, 0.1) is 6.42 Å². The van der Waals surface area contributed by atoms with Gasteiger partial charge in [-0.05, 0) is 37.6 Å². The molecule has 1 amide bonds. The molecule has 6 nitrogen and oxygen atoms in total. The topological polar surface area (TPSA) is 84.9 Å². The Hall–Kier alpha value is -3.02. The van der Waals surface area contributed by atoms with Crippen LogP contribution >= 0.6 is 0 Å². The molecule has 1 heterocycles. The van der Waals surface area contributed by atoms with Gasteiger partial charge in [-0.15, -0.1) is 0 Å². The average Bonchev–Trinajstić information content (AvgIpc) is 2.88. The highest BCUT2D eigenvalue weighted by atomic mass is 16.5. The number of nitrogens with one attached hydrogen (secondary N) is 1. The molecule has 0 bridgehead atoms. The van der Waals surface area contributed by atoms with E-state index in [9.17, 15) is 9.59 Å². The van der Waals surface area contributed by atoms with Crippen LogP contribution in [0.4, 0.5) is 5.69 Å². The number of hydrogen-bond donors (Lipinski definition) is 2. The van der Waals surface area contributed by atoms with Crippen LogP contribution in [-0.2, 0) is 22.4 Å². The van der Waals surface area contributed by atoms with E-state index in [4.69, 9.17) is 14.6 Å². The van der Waals surface area contributed by atoms with E-state index in [0.29, 0.717) is 22.7 Å². The summed E-state index contributed by atoms with van der Waals surface area (Å²) in [6.45, 7) is 3.88. The third-order valence-electron chi connectivity index (χ3n) is 4.01. The van der Waals surface area contributed by atoms with Gasteiger partial charge in [0.2, 0.25) is 0 Å². The minimum absolute atomic E-state index is 0.0488. The standard InChI is InChI=1S/C20H21NO5/c1-20(2)11-14-4-3-5-16(19(14)26-20)25-12-17(22)21-15-8-6-13(7-9-15)10-18(23)24/h3-9H,10-12H2,1-2H3,(H,21,22)(H,23,24). The van der Waals surface area contributed by atoms with E-state index in [1.807, 2.05) is 26.0 Å². The fourth-order valence-corrected chi connectivity index (χ4v) is 2.92. The number of benzene rings is 2. The summed E-state index contributed by atoms with van der Waals surface area (Å²) in [5, 5.41) is 11.5. The molecular weight excluding hydrogens is 334 g/mol. The van der Waals surface area contributed by atoms with Crippen molar-refractivity contribution in [2.45, 2.75) is 32.3 Å². The van der Waals surface area contributed by atoms with E-state index in [1.54, 1.807) is 30.3 Å². The molecule has 0 aromatic heterocycles. The monoisotopic (exact) mass is 355 g/mol. The average molecular weight is 355 g/mol. The molecule has 0 radical (unpaired) electrons. The van der Waals surface area contributed by atoms with Crippen LogP contribution in [0.25, 0.3) is 0 Å². The Labute approximate surface area is 151 Å². The molecule has 1 aliphatic heterocycles. The number of fused-ring (bicyclic) bond motifs is 1. The van der Waals surface area contributed by atoms with E-state index in [0.717, 1.165) is 12.0 Å². The van der Waals surface area contributed by atoms with Gasteiger partial charge in [-0.3, -0.25) is 9.59 Å². The highest BCUT2D eigenvalue weighted by molar-refractivity contribution is 5.92. The second-order valence-electron chi connectivity index (χ2n) is 6.89. The maximum absolute atomic E-state index is 12.1. The molecule has 0 fully saturated rings. The minimum atomic E-state index is -0.893. The van der Waals surface area contributed by atoms with Crippen LogP contribution in [0.1, 0.15) is 25.0 Å². The van der Waals surface area contributed by atoms with E-state index < -0.39 is 5.97 Å². The van der Waals surface area contributed by atoms with E-state index >= 15 is 0 Å². The Balaban J connectivity index is 1.57.